The fraction of sp³-hybridized carbons (Fsp3) is 0.238. The smallest absolute Gasteiger partial charge is 0.323 e. The maximum atomic E-state index is 13.6. The molecule has 2 aromatic heterocycles. The van der Waals surface area contributed by atoms with E-state index < -0.39 is 24.0 Å². The fourth-order valence-electron chi connectivity index (χ4n) is 3.58. The molecule has 2 N–H and O–H groups in total. The van der Waals surface area contributed by atoms with Crippen LogP contribution in [0.25, 0.3) is 11.4 Å². The van der Waals surface area contributed by atoms with Crippen LogP contribution in [-0.4, -0.2) is 25.6 Å². The van der Waals surface area contributed by atoms with Gasteiger partial charge in [-0.3, -0.25) is 14.2 Å². The van der Waals surface area contributed by atoms with Gasteiger partial charge in [0.15, 0.2) is 0 Å². The van der Waals surface area contributed by atoms with Crippen molar-refractivity contribution in [2.24, 2.45) is 0 Å². The number of carboxylic acids is 1. The van der Waals surface area contributed by atoms with Gasteiger partial charge in [0.25, 0.3) is 5.56 Å². The molecule has 9 heteroatoms. The van der Waals surface area contributed by atoms with E-state index in [1.54, 1.807) is 12.1 Å². The Bertz CT molecular complexity index is 1190. The zero-order chi connectivity index (χ0) is 21.4. The Hall–Kier alpha value is -3.62. The number of carbonyl (C=O) groups is 1. The second kappa shape index (κ2) is 7.66. The van der Waals surface area contributed by atoms with Crippen LogP contribution in [0.4, 0.5) is 14.5 Å². The Kier molecular flexibility index (Phi) is 5.03. The number of fused-ring (bicyclic) bond motifs is 1. The molecule has 0 fully saturated rings. The molecule has 30 heavy (non-hydrogen) atoms. The number of hydrogen-bond donors (Lipinski definition) is 2. The highest BCUT2D eigenvalue weighted by molar-refractivity contribution is 5.69. The molecule has 0 aliphatic carbocycles. The van der Waals surface area contributed by atoms with E-state index in [4.69, 9.17) is 0 Å². The molecule has 7 nitrogen and oxygen atoms in total. The van der Waals surface area contributed by atoms with Gasteiger partial charge >= 0.3 is 5.97 Å². The minimum absolute atomic E-state index is 0.124. The Morgan fingerprint density at radius 3 is 2.70 bits per heavy atom. The van der Waals surface area contributed by atoms with Crippen molar-refractivity contribution >= 4 is 11.7 Å². The summed E-state index contributed by atoms with van der Waals surface area (Å²) in [6.45, 7) is 0.923. The Morgan fingerprint density at radius 1 is 1.30 bits per heavy atom. The molecule has 1 aliphatic rings. The number of aromatic nitrogens is 3. The van der Waals surface area contributed by atoms with E-state index >= 15 is 0 Å². The Balaban J connectivity index is 1.81. The van der Waals surface area contributed by atoms with Crippen LogP contribution in [0.2, 0.25) is 0 Å². The number of nitrogens with zero attached hydrogens (tertiary/aromatic N) is 3. The van der Waals surface area contributed by atoms with E-state index in [1.807, 2.05) is 0 Å². The van der Waals surface area contributed by atoms with E-state index in [2.05, 4.69) is 15.3 Å². The monoisotopic (exact) mass is 412 g/mol. The first-order chi connectivity index (χ1) is 14.3. The van der Waals surface area contributed by atoms with Gasteiger partial charge in [-0.05, 0) is 43.5 Å². The van der Waals surface area contributed by atoms with Gasteiger partial charge in [0.05, 0.1) is 11.7 Å². The fourth-order valence-corrected chi connectivity index (χ4v) is 3.58. The summed E-state index contributed by atoms with van der Waals surface area (Å²) in [5.41, 5.74) is 1.61. The number of nitrogens with one attached hydrogen (secondary N) is 1. The number of carboxylic acid groups (broad SMARTS) is 1. The van der Waals surface area contributed by atoms with Crippen LogP contribution in [0.5, 0.6) is 0 Å². The Labute approximate surface area is 170 Å². The van der Waals surface area contributed by atoms with Crippen LogP contribution in [0.15, 0.2) is 41.3 Å². The molecule has 1 aromatic carbocycles. The summed E-state index contributed by atoms with van der Waals surface area (Å²) in [4.78, 5) is 32.7. The molecule has 0 saturated heterocycles. The molecule has 154 valence electrons. The lowest BCUT2D eigenvalue weighted by atomic mass is 9.96. The third-order valence-electron chi connectivity index (χ3n) is 5.07. The summed E-state index contributed by atoms with van der Waals surface area (Å²) in [5, 5.41) is 12.4. The SMILES string of the molecule is Cc1cc(-c2nc3c(c(=O)n2CC(=O)O)N[C@H](c2ccc(F)cc2)CC3)cnc1F. The molecule has 0 saturated carbocycles. The van der Waals surface area contributed by atoms with Crippen LogP contribution < -0.4 is 10.9 Å². The van der Waals surface area contributed by atoms with E-state index in [-0.39, 0.29) is 28.9 Å². The molecule has 1 aliphatic heterocycles. The zero-order valence-electron chi connectivity index (χ0n) is 16.0. The van der Waals surface area contributed by atoms with Gasteiger partial charge in [-0.2, -0.15) is 4.39 Å². The Morgan fingerprint density at radius 2 is 2.03 bits per heavy atom. The minimum Gasteiger partial charge on any atom is -0.480 e. The molecule has 0 radical (unpaired) electrons. The molecular weight excluding hydrogens is 394 g/mol. The molecule has 4 rings (SSSR count). The summed E-state index contributed by atoms with van der Waals surface area (Å²) >= 11 is 0. The van der Waals surface area contributed by atoms with Gasteiger partial charge in [-0.25, -0.2) is 14.4 Å². The molecular formula is C21H18F2N4O3. The molecule has 0 spiro atoms. The average molecular weight is 412 g/mol. The van der Waals surface area contributed by atoms with Crippen molar-refractivity contribution in [2.75, 3.05) is 5.32 Å². The molecule has 0 unspecified atom stereocenters. The van der Waals surface area contributed by atoms with E-state index in [9.17, 15) is 23.5 Å². The summed E-state index contributed by atoms with van der Waals surface area (Å²) in [7, 11) is 0. The molecule has 1 atom stereocenters. The predicted octanol–water partition coefficient (Wildman–Crippen LogP) is 3.08. The molecule has 0 bridgehead atoms. The third-order valence-corrected chi connectivity index (χ3v) is 5.07. The number of benzene rings is 1. The molecule has 3 heterocycles. The van der Waals surface area contributed by atoms with Crippen LogP contribution in [-0.2, 0) is 17.8 Å². The maximum Gasteiger partial charge on any atom is 0.323 e. The number of pyridine rings is 1. The van der Waals surface area contributed by atoms with Gasteiger partial charge in [0, 0.05) is 17.3 Å². The first-order valence-electron chi connectivity index (χ1n) is 9.33. The van der Waals surface area contributed by atoms with Gasteiger partial charge in [0.1, 0.15) is 23.9 Å². The summed E-state index contributed by atoms with van der Waals surface area (Å²) in [6, 6.07) is 7.23. The largest absolute Gasteiger partial charge is 0.480 e. The number of anilines is 1. The highest BCUT2D eigenvalue weighted by Gasteiger charge is 2.26. The standard InChI is InChI=1S/C21H18F2N4O3/c1-11-8-13(9-24-19(11)23)20-26-16-7-6-15(12-2-4-14(22)5-3-12)25-18(16)21(30)27(20)10-17(28)29/h2-5,8-9,15,25H,6-7,10H2,1H3,(H,28,29)/t15-/m0/s1. The lowest BCUT2D eigenvalue weighted by molar-refractivity contribution is -0.137. The number of rotatable bonds is 4. The average Bonchev–Trinajstić information content (AvgIpc) is 2.72. The third kappa shape index (κ3) is 3.66. The summed E-state index contributed by atoms with van der Waals surface area (Å²) in [5.74, 6) is -2.09. The zero-order valence-corrected chi connectivity index (χ0v) is 16.0. The molecule has 3 aromatic rings. The number of hydrogen-bond acceptors (Lipinski definition) is 5. The predicted molar refractivity (Wildman–Crippen MR) is 105 cm³/mol. The van der Waals surface area contributed by atoms with Crippen molar-refractivity contribution in [3.63, 3.8) is 0 Å². The van der Waals surface area contributed by atoms with Crippen molar-refractivity contribution in [3.8, 4) is 11.4 Å². The number of aliphatic carboxylic acids is 1. The van der Waals surface area contributed by atoms with Gasteiger partial charge < -0.3 is 10.4 Å². The second-order valence-corrected chi connectivity index (χ2v) is 7.16. The highest BCUT2D eigenvalue weighted by Crippen LogP contribution is 2.31. The number of halogens is 2. The van der Waals surface area contributed by atoms with Crippen LogP contribution in [0.3, 0.4) is 0 Å². The van der Waals surface area contributed by atoms with Crippen molar-refractivity contribution in [3.05, 3.63) is 75.5 Å². The number of aryl methyl sites for hydroxylation is 2. The van der Waals surface area contributed by atoms with Gasteiger partial charge in [-0.1, -0.05) is 12.1 Å². The van der Waals surface area contributed by atoms with Crippen molar-refractivity contribution in [1.82, 2.24) is 14.5 Å². The highest BCUT2D eigenvalue weighted by atomic mass is 19.1. The topological polar surface area (TPSA) is 97.1 Å². The van der Waals surface area contributed by atoms with Crippen molar-refractivity contribution in [2.45, 2.75) is 32.4 Å². The first kappa shape index (κ1) is 19.7. The minimum atomic E-state index is -1.21. The molecule has 0 amide bonds. The summed E-state index contributed by atoms with van der Waals surface area (Å²) in [6.07, 6.45) is 2.31. The van der Waals surface area contributed by atoms with Gasteiger partial charge in [-0.15, -0.1) is 0 Å². The van der Waals surface area contributed by atoms with Crippen molar-refractivity contribution < 1.29 is 18.7 Å². The van der Waals surface area contributed by atoms with E-state index in [0.29, 0.717) is 24.1 Å². The van der Waals surface area contributed by atoms with Crippen molar-refractivity contribution in [1.29, 1.82) is 0 Å². The van der Waals surface area contributed by atoms with Crippen LogP contribution in [0.1, 0.15) is 29.3 Å². The quantitative estimate of drug-likeness (QED) is 0.640. The maximum absolute atomic E-state index is 13.6. The first-order valence-corrected chi connectivity index (χ1v) is 9.33. The van der Waals surface area contributed by atoms with Gasteiger partial charge in [0.2, 0.25) is 5.95 Å². The van der Waals surface area contributed by atoms with Crippen LogP contribution in [0, 0.1) is 18.7 Å². The van der Waals surface area contributed by atoms with E-state index in [1.165, 1.54) is 31.3 Å². The van der Waals surface area contributed by atoms with Crippen LogP contribution >= 0.6 is 0 Å². The van der Waals surface area contributed by atoms with E-state index in [0.717, 1.165) is 10.1 Å². The second-order valence-electron chi connectivity index (χ2n) is 7.16. The lowest BCUT2D eigenvalue weighted by Gasteiger charge is -2.27. The lowest BCUT2D eigenvalue weighted by Crippen LogP contribution is -2.33. The normalized spacial score (nSPS) is 15.4. The summed E-state index contributed by atoms with van der Waals surface area (Å²) < 4.78 is 27.8.